The number of hydrogen-bond acceptors (Lipinski definition) is 10. The van der Waals surface area contributed by atoms with Crippen molar-refractivity contribution in [2.24, 2.45) is 5.92 Å². The average Bonchev–Trinajstić information content (AvgIpc) is 3.71. The minimum Gasteiger partial charge on any atom is -0.346 e. The Balaban J connectivity index is 1.49. The second kappa shape index (κ2) is 17.8. The SMILES string of the molecule is CN(C)CC(=O)N(c1nn(CC(F)(F)F)c2c(-c3ccc(C#CC(C)(C)S(C)(=O)=O)nc3C(Cc3cc(F)cc(F)c3)NC(=O)Cn3nc(C(F)(F)F)c4c3C(F)(F)[C@@H]3C[C@H]43)ccc(Cl)c12)S(C)(=O)=O. The summed E-state index contributed by atoms with van der Waals surface area (Å²) in [4.78, 5) is 33.5. The number of carbonyl (C=O) groups excluding carboxylic acids is 2. The molecule has 3 atom stereocenters. The van der Waals surface area contributed by atoms with E-state index in [1.54, 1.807) is 0 Å². The van der Waals surface area contributed by atoms with E-state index in [4.69, 9.17) is 11.6 Å². The highest BCUT2D eigenvalue weighted by Crippen LogP contribution is 2.68. The minimum atomic E-state index is -5.21. The van der Waals surface area contributed by atoms with Gasteiger partial charge in [0.15, 0.2) is 21.3 Å². The normalized spacial score (nSPS) is 17.2. The fraction of sp³-hybridized carbons (Fsp3) is 0.419. The largest absolute Gasteiger partial charge is 0.435 e. The standard InChI is InChI=1S/C43H39ClF10N8O6S2/c1-40(2,69(5,65)66)12-11-24-7-8-25(26-9-10-29(44)34-36(26)61(20-41(47,48)49)58-39(34)62(70(6,67)68)32(64)19-59(3)4)35(55-24)30(15-21-13-22(45)16-23(46)14-21)56-31(63)18-60-38-33(37(57-60)43(52,53)54)27-17-28(27)42(38,50)51/h7-10,13-14,16,27-28,30H,15,17-20H2,1-6H3,(H,56,63)/t27-,28+,30?/m0/s1. The summed E-state index contributed by atoms with van der Waals surface area (Å²) in [5.74, 6) is -7.00. The van der Waals surface area contributed by atoms with Gasteiger partial charge in [-0.2, -0.15) is 49.6 Å². The number of rotatable bonds is 13. The van der Waals surface area contributed by atoms with Gasteiger partial charge in [0.05, 0.1) is 40.5 Å². The molecule has 7 rings (SSSR count). The first-order valence-electron chi connectivity index (χ1n) is 20.6. The fourth-order valence-corrected chi connectivity index (χ4v) is 9.54. The van der Waals surface area contributed by atoms with Crippen LogP contribution in [0.2, 0.25) is 5.02 Å². The van der Waals surface area contributed by atoms with Crippen molar-refractivity contribution in [2.75, 3.05) is 37.5 Å². The van der Waals surface area contributed by atoms with Crippen LogP contribution in [-0.2, 0) is 61.1 Å². The van der Waals surface area contributed by atoms with Crippen LogP contribution in [0.5, 0.6) is 0 Å². The second-order valence-corrected chi connectivity index (χ2v) is 22.5. The van der Waals surface area contributed by atoms with Crippen LogP contribution in [0.1, 0.15) is 66.1 Å². The first-order valence-corrected chi connectivity index (χ1v) is 24.7. The number of sulfonamides is 1. The monoisotopic (exact) mass is 1050 g/mol. The Morgan fingerprint density at radius 3 is 2.14 bits per heavy atom. The molecule has 5 aromatic rings. The highest BCUT2D eigenvalue weighted by Gasteiger charge is 2.68. The van der Waals surface area contributed by atoms with Crippen molar-refractivity contribution in [2.45, 2.75) is 74.8 Å². The summed E-state index contributed by atoms with van der Waals surface area (Å²) >= 11 is 6.62. The van der Waals surface area contributed by atoms with E-state index in [-0.39, 0.29) is 37.8 Å². The number of pyridine rings is 1. The molecular weight excluding hydrogens is 1010 g/mol. The van der Waals surface area contributed by atoms with E-state index in [1.165, 1.54) is 45.0 Å². The average molecular weight is 1050 g/mol. The first-order chi connectivity index (χ1) is 32.1. The van der Waals surface area contributed by atoms with Gasteiger partial charge in [0.2, 0.25) is 15.9 Å². The first kappa shape index (κ1) is 52.1. The molecule has 70 heavy (non-hydrogen) atoms. The smallest absolute Gasteiger partial charge is 0.346 e. The van der Waals surface area contributed by atoms with E-state index in [2.05, 4.69) is 32.3 Å². The number of hydrogen-bond donors (Lipinski definition) is 1. The number of nitrogens with zero attached hydrogens (tertiary/aromatic N) is 7. The molecule has 0 radical (unpaired) electrons. The lowest BCUT2D eigenvalue weighted by Gasteiger charge is -2.23. The summed E-state index contributed by atoms with van der Waals surface area (Å²) in [5, 5.41) is 8.82. The van der Waals surface area contributed by atoms with E-state index in [9.17, 15) is 61.5 Å². The highest BCUT2D eigenvalue weighted by molar-refractivity contribution is 7.93. The van der Waals surface area contributed by atoms with E-state index >= 15 is 8.78 Å². The maximum Gasteiger partial charge on any atom is 0.435 e. The minimum absolute atomic E-state index is 0.157. The summed E-state index contributed by atoms with van der Waals surface area (Å²) in [6, 6.07) is 4.93. The molecule has 1 unspecified atom stereocenters. The Kier molecular flexibility index (Phi) is 13.2. The molecule has 1 N–H and O–H groups in total. The Hall–Kier alpha value is -5.78. The van der Waals surface area contributed by atoms with Gasteiger partial charge in [-0.05, 0) is 88.5 Å². The number of nitrogens with one attached hydrogen (secondary N) is 1. The molecule has 2 amide bonds. The molecule has 0 spiro atoms. The van der Waals surface area contributed by atoms with Gasteiger partial charge in [0.25, 0.3) is 11.8 Å². The molecule has 2 aliphatic carbocycles. The molecule has 376 valence electrons. The van der Waals surface area contributed by atoms with E-state index in [0.29, 0.717) is 17.0 Å². The van der Waals surface area contributed by atoms with Crippen molar-refractivity contribution in [3.05, 3.63) is 93.0 Å². The summed E-state index contributed by atoms with van der Waals surface area (Å²) < 4.78 is 197. The molecule has 0 saturated heterocycles. The maximum atomic E-state index is 15.6. The molecule has 27 heteroatoms. The third-order valence-electron chi connectivity index (χ3n) is 11.5. The summed E-state index contributed by atoms with van der Waals surface area (Å²) in [6.45, 7) is -1.32. The zero-order chi connectivity index (χ0) is 52.0. The Labute approximate surface area is 397 Å². The quantitative estimate of drug-likeness (QED) is 0.0945. The number of halogens is 11. The molecule has 3 heterocycles. The van der Waals surface area contributed by atoms with E-state index < -0.39 is 155 Å². The van der Waals surface area contributed by atoms with Crippen LogP contribution in [0.3, 0.4) is 0 Å². The molecule has 2 aliphatic rings. The summed E-state index contributed by atoms with van der Waals surface area (Å²) in [6.07, 6.45) is -9.78. The second-order valence-electron chi connectivity index (χ2n) is 17.7. The van der Waals surface area contributed by atoms with Gasteiger partial charge in [0.1, 0.15) is 40.9 Å². The fourth-order valence-electron chi connectivity index (χ4n) is 8.19. The number of carbonyl (C=O) groups is 2. The number of fused-ring (bicyclic) bond motifs is 4. The van der Waals surface area contributed by atoms with Crippen LogP contribution in [0.25, 0.3) is 22.0 Å². The lowest BCUT2D eigenvalue weighted by atomic mass is 9.93. The summed E-state index contributed by atoms with van der Waals surface area (Å²) in [5.41, 5.74) is -5.68. The molecule has 2 aromatic carbocycles. The predicted molar refractivity (Wildman–Crippen MR) is 234 cm³/mol. The molecule has 14 nitrogen and oxygen atoms in total. The van der Waals surface area contributed by atoms with Crippen molar-refractivity contribution >= 4 is 60.0 Å². The van der Waals surface area contributed by atoms with Crippen LogP contribution in [0.4, 0.5) is 49.7 Å². The molecular formula is C43H39ClF10N8O6S2. The third kappa shape index (κ3) is 10.3. The number of likely N-dealkylation sites (N-methyl/N-ethyl adjacent to an activating group) is 1. The third-order valence-corrected chi connectivity index (χ3v) is 14.8. The van der Waals surface area contributed by atoms with Gasteiger partial charge in [-0.1, -0.05) is 23.6 Å². The molecule has 0 aliphatic heterocycles. The molecule has 3 aromatic heterocycles. The maximum absolute atomic E-state index is 15.6. The number of anilines is 1. The lowest BCUT2D eigenvalue weighted by Crippen LogP contribution is -2.42. The van der Waals surface area contributed by atoms with Crippen molar-refractivity contribution in [3.8, 4) is 23.0 Å². The van der Waals surface area contributed by atoms with Gasteiger partial charge < -0.3 is 10.2 Å². The van der Waals surface area contributed by atoms with Crippen molar-refractivity contribution in [1.29, 1.82) is 0 Å². The van der Waals surface area contributed by atoms with Gasteiger partial charge in [-0.15, -0.1) is 0 Å². The zero-order valence-electron chi connectivity index (χ0n) is 37.4. The van der Waals surface area contributed by atoms with E-state index in [0.717, 1.165) is 30.5 Å². The van der Waals surface area contributed by atoms with Crippen molar-refractivity contribution in [1.82, 2.24) is 34.8 Å². The molecule has 0 bridgehead atoms. The predicted octanol–water partition coefficient (Wildman–Crippen LogP) is 7.15. The van der Waals surface area contributed by atoms with Gasteiger partial charge >= 0.3 is 12.4 Å². The van der Waals surface area contributed by atoms with Crippen molar-refractivity contribution in [3.63, 3.8) is 0 Å². The van der Waals surface area contributed by atoms with Gasteiger partial charge in [-0.25, -0.2) is 30.6 Å². The number of benzene rings is 2. The zero-order valence-corrected chi connectivity index (χ0v) is 39.8. The Morgan fingerprint density at radius 1 is 0.943 bits per heavy atom. The lowest BCUT2D eigenvalue weighted by molar-refractivity contribution is -0.143. The van der Waals surface area contributed by atoms with Crippen LogP contribution in [-0.4, -0.2) is 102 Å². The van der Waals surface area contributed by atoms with Crippen LogP contribution >= 0.6 is 11.6 Å². The van der Waals surface area contributed by atoms with Crippen molar-refractivity contribution < 1.29 is 70.3 Å². The van der Waals surface area contributed by atoms with Crippen LogP contribution in [0.15, 0.2) is 42.5 Å². The number of sulfone groups is 1. The summed E-state index contributed by atoms with van der Waals surface area (Å²) in [7, 11) is -5.77. The highest BCUT2D eigenvalue weighted by atomic mass is 35.5. The number of alkyl halides is 8. The van der Waals surface area contributed by atoms with Crippen LogP contribution in [0, 0.1) is 29.4 Å². The Morgan fingerprint density at radius 2 is 1.57 bits per heavy atom. The topological polar surface area (TPSA) is 169 Å². The van der Waals surface area contributed by atoms with E-state index in [1.807, 2.05) is 0 Å². The van der Waals surface area contributed by atoms with Crippen LogP contribution < -0.4 is 9.62 Å². The number of amides is 2. The molecule has 1 fully saturated rings. The van der Waals surface area contributed by atoms with Gasteiger partial charge in [0, 0.05) is 34.9 Å². The van der Waals surface area contributed by atoms with Gasteiger partial charge in [-0.3, -0.25) is 19.0 Å². The Bertz CT molecular complexity index is 3250. The molecule has 1 saturated carbocycles. The number of aromatic nitrogens is 5.